The summed E-state index contributed by atoms with van der Waals surface area (Å²) in [5, 5.41) is 0. The Morgan fingerprint density at radius 1 is 0.920 bits per heavy atom. The van der Waals surface area contributed by atoms with E-state index in [1.807, 2.05) is 6.07 Å². The first-order chi connectivity index (χ1) is 12.0. The van der Waals surface area contributed by atoms with Gasteiger partial charge in [-0.25, -0.2) is 12.8 Å². The van der Waals surface area contributed by atoms with E-state index in [0.717, 1.165) is 5.56 Å². The van der Waals surface area contributed by atoms with Crippen LogP contribution in [0.4, 0.5) is 4.39 Å². The lowest BCUT2D eigenvalue weighted by molar-refractivity contribution is 0.0693. The fourth-order valence-corrected chi connectivity index (χ4v) is 4.37. The molecule has 0 radical (unpaired) electrons. The van der Waals surface area contributed by atoms with Gasteiger partial charge in [0.05, 0.1) is 11.3 Å². The molecule has 3 rings (SSSR count). The van der Waals surface area contributed by atoms with Gasteiger partial charge in [0, 0.05) is 26.2 Å². The van der Waals surface area contributed by atoms with Crippen molar-refractivity contribution in [3.8, 4) is 0 Å². The lowest BCUT2D eigenvalue weighted by atomic mass is 10.1. The summed E-state index contributed by atoms with van der Waals surface area (Å²) in [7, 11) is -3.44. The Morgan fingerprint density at radius 3 is 2.16 bits per heavy atom. The number of benzene rings is 2. The second-order valence-corrected chi connectivity index (χ2v) is 7.88. The SMILES string of the molecule is O=C(c1ccccc1F)N1CCN(S(=O)(=O)Cc2ccccc2)CC1. The summed E-state index contributed by atoms with van der Waals surface area (Å²) < 4.78 is 40.2. The van der Waals surface area contributed by atoms with E-state index in [1.165, 1.54) is 27.4 Å². The van der Waals surface area contributed by atoms with Crippen molar-refractivity contribution in [3.63, 3.8) is 0 Å². The standard InChI is InChI=1S/C18H19FN2O3S/c19-17-9-5-4-8-16(17)18(22)20-10-12-21(13-11-20)25(23,24)14-15-6-2-1-3-7-15/h1-9H,10-14H2. The molecular weight excluding hydrogens is 343 g/mol. The zero-order valence-corrected chi connectivity index (χ0v) is 14.5. The van der Waals surface area contributed by atoms with E-state index in [2.05, 4.69) is 0 Å². The third-order valence-corrected chi connectivity index (χ3v) is 6.07. The van der Waals surface area contributed by atoms with Crippen LogP contribution in [0.25, 0.3) is 0 Å². The molecule has 0 aromatic heterocycles. The summed E-state index contributed by atoms with van der Waals surface area (Å²) in [4.78, 5) is 13.9. The summed E-state index contributed by atoms with van der Waals surface area (Å²) in [5.41, 5.74) is 0.746. The van der Waals surface area contributed by atoms with Crippen LogP contribution in [0, 0.1) is 5.82 Å². The van der Waals surface area contributed by atoms with Crippen LogP contribution in [0.3, 0.4) is 0 Å². The number of hydrogen-bond acceptors (Lipinski definition) is 3. The summed E-state index contributed by atoms with van der Waals surface area (Å²) in [6.07, 6.45) is 0. The highest BCUT2D eigenvalue weighted by Gasteiger charge is 2.30. The first-order valence-electron chi connectivity index (χ1n) is 8.03. The minimum absolute atomic E-state index is 0.0168. The second-order valence-electron chi connectivity index (χ2n) is 5.91. The number of sulfonamides is 1. The number of halogens is 1. The van der Waals surface area contributed by atoms with Gasteiger partial charge in [-0.15, -0.1) is 0 Å². The molecule has 1 aliphatic heterocycles. The van der Waals surface area contributed by atoms with Crippen molar-refractivity contribution < 1.29 is 17.6 Å². The van der Waals surface area contributed by atoms with Crippen LogP contribution >= 0.6 is 0 Å². The van der Waals surface area contributed by atoms with Crippen LogP contribution in [0.15, 0.2) is 54.6 Å². The molecule has 1 saturated heterocycles. The van der Waals surface area contributed by atoms with Crippen LogP contribution in [0.1, 0.15) is 15.9 Å². The molecule has 132 valence electrons. The average Bonchev–Trinajstić information content (AvgIpc) is 2.62. The fourth-order valence-electron chi connectivity index (χ4n) is 2.85. The Kier molecular flexibility index (Phi) is 5.15. The molecule has 2 aromatic rings. The number of carbonyl (C=O) groups is 1. The maximum absolute atomic E-state index is 13.7. The molecule has 1 heterocycles. The zero-order chi connectivity index (χ0) is 17.9. The Balaban J connectivity index is 1.63. The van der Waals surface area contributed by atoms with Gasteiger partial charge >= 0.3 is 0 Å². The van der Waals surface area contributed by atoms with E-state index in [9.17, 15) is 17.6 Å². The maximum Gasteiger partial charge on any atom is 0.256 e. The Bertz CT molecular complexity index is 848. The summed E-state index contributed by atoms with van der Waals surface area (Å²) >= 11 is 0. The van der Waals surface area contributed by atoms with Crippen molar-refractivity contribution in [2.75, 3.05) is 26.2 Å². The quantitative estimate of drug-likeness (QED) is 0.837. The molecule has 0 atom stereocenters. The third-order valence-electron chi connectivity index (χ3n) is 4.22. The van der Waals surface area contributed by atoms with Crippen molar-refractivity contribution in [2.45, 2.75) is 5.75 Å². The van der Waals surface area contributed by atoms with Gasteiger partial charge in [0.15, 0.2) is 0 Å². The van der Waals surface area contributed by atoms with E-state index >= 15 is 0 Å². The smallest absolute Gasteiger partial charge is 0.256 e. The molecule has 5 nitrogen and oxygen atoms in total. The van der Waals surface area contributed by atoms with Gasteiger partial charge in [0.2, 0.25) is 10.0 Å². The highest BCUT2D eigenvalue weighted by atomic mass is 32.2. The zero-order valence-electron chi connectivity index (χ0n) is 13.6. The van der Waals surface area contributed by atoms with Gasteiger partial charge in [-0.2, -0.15) is 4.31 Å². The average molecular weight is 362 g/mol. The number of nitrogens with zero attached hydrogens (tertiary/aromatic N) is 2. The third kappa shape index (κ3) is 4.05. The molecule has 7 heteroatoms. The van der Waals surface area contributed by atoms with Crippen molar-refractivity contribution in [2.24, 2.45) is 0 Å². The summed E-state index contributed by atoms with van der Waals surface area (Å²) in [6, 6.07) is 14.8. The second kappa shape index (κ2) is 7.33. The molecule has 0 unspecified atom stereocenters. The number of piperazine rings is 1. The number of amides is 1. The largest absolute Gasteiger partial charge is 0.336 e. The van der Waals surface area contributed by atoms with E-state index in [-0.39, 0.29) is 37.5 Å². The highest BCUT2D eigenvalue weighted by Crippen LogP contribution is 2.16. The predicted octanol–water partition coefficient (Wildman–Crippen LogP) is 2.11. The number of rotatable bonds is 4. The molecule has 0 spiro atoms. The van der Waals surface area contributed by atoms with Crippen molar-refractivity contribution in [1.82, 2.24) is 9.21 Å². The maximum atomic E-state index is 13.7. The summed E-state index contributed by atoms with van der Waals surface area (Å²) in [5.74, 6) is -1.03. The van der Waals surface area contributed by atoms with Crippen LogP contribution in [-0.4, -0.2) is 49.7 Å². The van der Waals surface area contributed by atoms with Gasteiger partial charge in [0.1, 0.15) is 5.82 Å². The molecule has 1 fully saturated rings. The van der Waals surface area contributed by atoms with E-state index in [1.54, 1.807) is 30.3 Å². The Hall–Kier alpha value is -2.25. The van der Waals surface area contributed by atoms with Gasteiger partial charge in [-0.1, -0.05) is 42.5 Å². The monoisotopic (exact) mass is 362 g/mol. The lowest BCUT2D eigenvalue weighted by Crippen LogP contribution is -2.50. The summed E-state index contributed by atoms with van der Waals surface area (Å²) in [6.45, 7) is 0.938. The van der Waals surface area contributed by atoms with Crippen molar-refractivity contribution in [3.05, 3.63) is 71.5 Å². The predicted molar refractivity (Wildman–Crippen MR) is 92.9 cm³/mol. The van der Waals surface area contributed by atoms with Gasteiger partial charge in [-0.05, 0) is 17.7 Å². The molecule has 1 amide bonds. The van der Waals surface area contributed by atoms with Crippen molar-refractivity contribution >= 4 is 15.9 Å². The van der Waals surface area contributed by atoms with Gasteiger partial charge < -0.3 is 4.90 Å². The van der Waals surface area contributed by atoms with E-state index in [0.29, 0.717) is 0 Å². The fraction of sp³-hybridized carbons (Fsp3) is 0.278. The Morgan fingerprint density at radius 2 is 1.52 bits per heavy atom. The van der Waals surface area contributed by atoms with E-state index in [4.69, 9.17) is 0 Å². The van der Waals surface area contributed by atoms with Gasteiger partial charge in [-0.3, -0.25) is 4.79 Å². The molecule has 0 bridgehead atoms. The number of carbonyl (C=O) groups excluding carboxylic acids is 1. The van der Waals surface area contributed by atoms with Crippen LogP contribution in [0.5, 0.6) is 0 Å². The molecular formula is C18H19FN2O3S. The van der Waals surface area contributed by atoms with Crippen LogP contribution in [0.2, 0.25) is 0 Å². The highest BCUT2D eigenvalue weighted by molar-refractivity contribution is 7.88. The minimum Gasteiger partial charge on any atom is -0.336 e. The molecule has 0 saturated carbocycles. The van der Waals surface area contributed by atoms with Crippen LogP contribution < -0.4 is 0 Å². The van der Waals surface area contributed by atoms with E-state index < -0.39 is 21.7 Å². The molecule has 25 heavy (non-hydrogen) atoms. The number of hydrogen-bond donors (Lipinski definition) is 0. The molecule has 0 N–H and O–H groups in total. The van der Waals surface area contributed by atoms with Crippen LogP contribution in [-0.2, 0) is 15.8 Å². The Labute approximate surface area is 146 Å². The minimum atomic E-state index is -3.44. The van der Waals surface area contributed by atoms with Gasteiger partial charge in [0.25, 0.3) is 5.91 Å². The normalized spacial score (nSPS) is 16.0. The topological polar surface area (TPSA) is 57.7 Å². The first-order valence-corrected chi connectivity index (χ1v) is 9.64. The molecule has 1 aliphatic rings. The first kappa shape index (κ1) is 17.6. The van der Waals surface area contributed by atoms with Crippen molar-refractivity contribution in [1.29, 1.82) is 0 Å². The lowest BCUT2D eigenvalue weighted by Gasteiger charge is -2.34. The molecule has 0 aliphatic carbocycles. The molecule has 2 aromatic carbocycles.